The molecule has 168 valence electrons. The fraction of sp³-hybridized carbons (Fsp3) is 0.0435. The van der Waals surface area contributed by atoms with E-state index in [4.69, 9.17) is 39.0 Å². The van der Waals surface area contributed by atoms with Crippen LogP contribution >= 0.6 is 34.8 Å². The van der Waals surface area contributed by atoms with Crippen LogP contribution < -0.4 is 9.50 Å². The molecule has 0 aliphatic heterocycles. The van der Waals surface area contributed by atoms with Crippen LogP contribution in [-0.4, -0.2) is 14.3 Å². The fourth-order valence-corrected chi connectivity index (χ4v) is 4.42. The van der Waals surface area contributed by atoms with Gasteiger partial charge in [0.2, 0.25) is 0 Å². The van der Waals surface area contributed by atoms with E-state index in [0.717, 1.165) is 5.56 Å². The standard InChI is InChI=1S/C23H15Cl3N2O4S/c1-14-2-8-19(9-3-14)33(30,31)32-22-20(25)11-15(12-21(22)26)10-16(13-27)23(29)28-18-6-4-17(24)5-7-18/h2-12H,1H3,(H,28,29)/b16-10+. The van der Waals surface area contributed by atoms with Crippen molar-refractivity contribution in [1.82, 2.24) is 0 Å². The summed E-state index contributed by atoms with van der Waals surface area (Å²) in [6.45, 7) is 1.82. The summed E-state index contributed by atoms with van der Waals surface area (Å²) in [5.74, 6) is -0.922. The fourth-order valence-electron chi connectivity index (χ4n) is 2.65. The Kier molecular flexibility index (Phi) is 7.67. The van der Waals surface area contributed by atoms with Gasteiger partial charge in [-0.25, -0.2) is 0 Å². The third-order valence-corrected chi connectivity index (χ3v) is 6.35. The second kappa shape index (κ2) is 10.3. The average molecular weight is 522 g/mol. The van der Waals surface area contributed by atoms with E-state index in [0.29, 0.717) is 16.3 Å². The highest BCUT2D eigenvalue weighted by Gasteiger charge is 2.21. The molecule has 0 saturated carbocycles. The van der Waals surface area contributed by atoms with Crippen molar-refractivity contribution in [2.75, 3.05) is 5.32 Å². The lowest BCUT2D eigenvalue weighted by atomic mass is 10.1. The minimum atomic E-state index is -4.18. The Balaban J connectivity index is 1.85. The number of carbonyl (C=O) groups is 1. The number of hydrogen-bond donors (Lipinski definition) is 1. The number of benzene rings is 3. The lowest BCUT2D eigenvalue weighted by Crippen LogP contribution is -2.13. The van der Waals surface area contributed by atoms with Gasteiger partial charge in [-0.05, 0) is 67.1 Å². The largest absolute Gasteiger partial charge is 0.376 e. The zero-order valence-corrected chi connectivity index (χ0v) is 20.1. The highest BCUT2D eigenvalue weighted by atomic mass is 35.5. The van der Waals surface area contributed by atoms with Crippen molar-refractivity contribution in [1.29, 1.82) is 5.26 Å². The summed E-state index contributed by atoms with van der Waals surface area (Å²) in [4.78, 5) is 12.4. The molecule has 0 atom stereocenters. The molecule has 0 heterocycles. The summed E-state index contributed by atoms with van der Waals surface area (Å²) in [5.41, 5.74) is 1.41. The molecule has 0 fully saturated rings. The first-order valence-electron chi connectivity index (χ1n) is 9.28. The average Bonchev–Trinajstić information content (AvgIpc) is 2.76. The molecule has 3 aromatic carbocycles. The van der Waals surface area contributed by atoms with Crippen molar-refractivity contribution >= 4 is 62.6 Å². The summed E-state index contributed by atoms with van der Waals surface area (Å²) in [7, 11) is -4.18. The van der Waals surface area contributed by atoms with Crippen LogP contribution in [0.15, 0.2) is 71.1 Å². The maximum Gasteiger partial charge on any atom is 0.339 e. The van der Waals surface area contributed by atoms with E-state index in [1.54, 1.807) is 36.4 Å². The van der Waals surface area contributed by atoms with Gasteiger partial charge in [0.15, 0.2) is 5.75 Å². The lowest BCUT2D eigenvalue weighted by Gasteiger charge is -2.11. The molecule has 6 nitrogen and oxygen atoms in total. The van der Waals surface area contributed by atoms with Crippen LogP contribution in [0, 0.1) is 18.3 Å². The summed E-state index contributed by atoms with van der Waals surface area (Å²) in [5, 5.41) is 12.3. The summed E-state index contributed by atoms with van der Waals surface area (Å²) in [6.07, 6.45) is 1.27. The molecule has 1 amide bonds. The molecular weight excluding hydrogens is 507 g/mol. The van der Waals surface area contributed by atoms with Gasteiger partial charge in [-0.15, -0.1) is 0 Å². The molecule has 0 radical (unpaired) electrons. The molecule has 0 aliphatic rings. The van der Waals surface area contributed by atoms with Crippen molar-refractivity contribution in [3.8, 4) is 11.8 Å². The van der Waals surface area contributed by atoms with Crippen molar-refractivity contribution in [2.45, 2.75) is 11.8 Å². The first-order chi connectivity index (χ1) is 15.6. The Morgan fingerprint density at radius 3 is 2.12 bits per heavy atom. The van der Waals surface area contributed by atoms with Crippen LogP contribution in [0.3, 0.4) is 0 Å². The van der Waals surface area contributed by atoms with Gasteiger partial charge in [0.25, 0.3) is 5.91 Å². The first kappa shape index (κ1) is 24.6. The first-order valence-corrected chi connectivity index (χ1v) is 11.8. The van der Waals surface area contributed by atoms with E-state index >= 15 is 0 Å². The molecule has 0 aliphatic carbocycles. The van der Waals surface area contributed by atoms with Crippen molar-refractivity contribution < 1.29 is 17.4 Å². The van der Waals surface area contributed by atoms with E-state index in [1.807, 2.05) is 13.0 Å². The van der Waals surface area contributed by atoms with Crippen molar-refractivity contribution in [3.05, 3.63) is 92.4 Å². The van der Waals surface area contributed by atoms with Gasteiger partial charge in [-0.1, -0.05) is 52.5 Å². The summed E-state index contributed by atoms with van der Waals surface area (Å²) < 4.78 is 30.3. The van der Waals surface area contributed by atoms with E-state index in [-0.39, 0.29) is 26.3 Å². The number of anilines is 1. The Morgan fingerprint density at radius 2 is 1.58 bits per heavy atom. The van der Waals surface area contributed by atoms with E-state index in [2.05, 4.69) is 5.32 Å². The van der Waals surface area contributed by atoms with Crippen LogP contribution in [0.1, 0.15) is 11.1 Å². The number of nitrogens with zero attached hydrogens (tertiary/aromatic N) is 1. The number of nitrogens with one attached hydrogen (secondary N) is 1. The molecule has 3 rings (SSSR count). The second-order valence-corrected chi connectivity index (χ2v) is 9.59. The quantitative estimate of drug-likeness (QED) is 0.234. The molecule has 0 spiro atoms. The van der Waals surface area contributed by atoms with Gasteiger partial charge in [0.1, 0.15) is 16.5 Å². The Labute approximate surface area is 206 Å². The van der Waals surface area contributed by atoms with Gasteiger partial charge in [0, 0.05) is 10.7 Å². The van der Waals surface area contributed by atoms with Gasteiger partial charge in [0.05, 0.1) is 10.0 Å². The van der Waals surface area contributed by atoms with Gasteiger partial charge < -0.3 is 9.50 Å². The zero-order valence-electron chi connectivity index (χ0n) is 17.0. The minimum absolute atomic E-state index is 0.0603. The monoisotopic (exact) mass is 520 g/mol. The van der Waals surface area contributed by atoms with Crippen LogP contribution in [0.4, 0.5) is 5.69 Å². The highest BCUT2D eigenvalue weighted by Crippen LogP contribution is 2.37. The highest BCUT2D eigenvalue weighted by molar-refractivity contribution is 7.87. The predicted molar refractivity (Wildman–Crippen MR) is 129 cm³/mol. The second-order valence-electron chi connectivity index (χ2n) is 6.80. The number of nitriles is 1. The molecule has 1 N–H and O–H groups in total. The molecule has 0 bridgehead atoms. The Hall–Kier alpha value is -3.02. The van der Waals surface area contributed by atoms with Crippen LogP contribution in [0.5, 0.6) is 5.75 Å². The molecule has 3 aromatic rings. The van der Waals surface area contributed by atoms with E-state index in [1.165, 1.54) is 30.3 Å². The summed E-state index contributed by atoms with van der Waals surface area (Å²) in [6, 6.07) is 16.9. The maximum atomic E-state index is 12.6. The van der Waals surface area contributed by atoms with Crippen LogP contribution in [0.25, 0.3) is 6.08 Å². The third-order valence-electron chi connectivity index (χ3n) is 4.30. The van der Waals surface area contributed by atoms with Crippen LogP contribution in [-0.2, 0) is 14.9 Å². The van der Waals surface area contributed by atoms with Gasteiger partial charge in [-0.3, -0.25) is 4.79 Å². The third kappa shape index (κ3) is 6.28. The molecule has 10 heteroatoms. The van der Waals surface area contributed by atoms with E-state index < -0.39 is 16.0 Å². The smallest absolute Gasteiger partial charge is 0.339 e. The Morgan fingerprint density at radius 1 is 1.00 bits per heavy atom. The SMILES string of the molecule is Cc1ccc(S(=O)(=O)Oc2c(Cl)cc(/C=C(\C#N)C(=O)Nc3ccc(Cl)cc3)cc2Cl)cc1. The number of rotatable bonds is 6. The van der Waals surface area contributed by atoms with Gasteiger partial charge >= 0.3 is 10.1 Å². The number of carbonyl (C=O) groups excluding carboxylic acids is 1. The molecule has 0 saturated heterocycles. The van der Waals surface area contributed by atoms with Crippen LogP contribution in [0.2, 0.25) is 15.1 Å². The lowest BCUT2D eigenvalue weighted by molar-refractivity contribution is -0.112. The zero-order chi connectivity index (χ0) is 24.2. The Bertz CT molecular complexity index is 1360. The molecule has 0 aromatic heterocycles. The predicted octanol–water partition coefficient (Wildman–Crippen LogP) is 6.27. The van der Waals surface area contributed by atoms with Crippen molar-refractivity contribution in [3.63, 3.8) is 0 Å². The normalized spacial score (nSPS) is 11.5. The number of halogens is 3. The number of amides is 1. The summed E-state index contributed by atoms with van der Waals surface area (Å²) >= 11 is 18.2. The van der Waals surface area contributed by atoms with Gasteiger partial charge in [-0.2, -0.15) is 13.7 Å². The maximum absolute atomic E-state index is 12.6. The number of aryl methyl sites for hydroxylation is 1. The van der Waals surface area contributed by atoms with E-state index in [9.17, 15) is 18.5 Å². The molecule has 0 unspecified atom stereocenters. The van der Waals surface area contributed by atoms with Crippen molar-refractivity contribution in [2.24, 2.45) is 0 Å². The number of hydrogen-bond acceptors (Lipinski definition) is 5. The molecular formula is C23H15Cl3N2O4S. The topological polar surface area (TPSA) is 96.3 Å². The minimum Gasteiger partial charge on any atom is -0.376 e. The molecule has 33 heavy (non-hydrogen) atoms.